The molecule has 0 radical (unpaired) electrons. The number of hydrogen-bond donors (Lipinski definition) is 0. The third-order valence-electron chi connectivity index (χ3n) is 4.83. The van der Waals surface area contributed by atoms with Crippen LogP contribution in [0.5, 0.6) is 0 Å². The lowest BCUT2D eigenvalue weighted by Gasteiger charge is -2.32. The van der Waals surface area contributed by atoms with Crippen molar-refractivity contribution in [3.63, 3.8) is 0 Å². The minimum atomic E-state index is -0.644. The van der Waals surface area contributed by atoms with Gasteiger partial charge in [-0.05, 0) is 51.2 Å². The SMILES string of the molecule is CC#CC1(OC(=O)c2ccnn2[C@H](C)c2ccccc2)CCCCC1. The summed E-state index contributed by atoms with van der Waals surface area (Å²) < 4.78 is 7.65. The summed E-state index contributed by atoms with van der Waals surface area (Å²) in [5.74, 6) is 5.75. The van der Waals surface area contributed by atoms with Gasteiger partial charge in [0.2, 0.25) is 0 Å². The summed E-state index contributed by atoms with van der Waals surface area (Å²) in [4.78, 5) is 12.9. The Bertz CT molecular complexity index is 777. The van der Waals surface area contributed by atoms with Gasteiger partial charge in [0.1, 0.15) is 5.69 Å². The molecule has 0 saturated heterocycles. The largest absolute Gasteiger partial charge is 0.441 e. The lowest BCUT2D eigenvalue weighted by atomic mass is 9.85. The van der Waals surface area contributed by atoms with Crippen LogP contribution in [0.25, 0.3) is 0 Å². The van der Waals surface area contributed by atoms with Crippen molar-refractivity contribution >= 4 is 5.97 Å². The van der Waals surface area contributed by atoms with Gasteiger partial charge in [-0.15, -0.1) is 5.92 Å². The molecule has 1 heterocycles. The van der Waals surface area contributed by atoms with Crippen molar-refractivity contribution in [1.82, 2.24) is 9.78 Å². The van der Waals surface area contributed by atoms with Crippen LogP contribution in [-0.2, 0) is 4.74 Å². The molecule has 4 nitrogen and oxygen atoms in total. The van der Waals surface area contributed by atoms with E-state index in [1.807, 2.05) is 37.3 Å². The van der Waals surface area contributed by atoms with E-state index in [1.165, 1.54) is 6.42 Å². The highest BCUT2D eigenvalue weighted by molar-refractivity contribution is 5.88. The third-order valence-corrected chi connectivity index (χ3v) is 4.83. The van der Waals surface area contributed by atoms with Gasteiger partial charge in [-0.2, -0.15) is 5.10 Å². The normalized spacial score (nSPS) is 17.2. The number of rotatable bonds is 4. The smallest absolute Gasteiger partial charge is 0.358 e. The second kappa shape index (κ2) is 7.57. The van der Waals surface area contributed by atoms with Crippen molar-refractivity contribution in [2.45, 2.75) is 57.6 Å². The Labute approximate surface area is 149 Å². The van der Waals surface area contributed by atoms with E-state index >= 15 is 0 Å². The van der Waals surface area contributed by atoms with E-state index in [0.717, 1.165) is 31.2 Å². The van der Waals surface area contributed by atoms with Gasteiger partial charge in [-0.25, -0.2) is 4.79 Å². The van der Waals surface area contributed by atoms with Crippen LogP contribution in [0.2, 0.25) is 0 Å². The highest BCUT2D eigenvalue weighted by Crippen LogP contribution is 2.32. The molecule has 4 heteroatoms. The quantitative estimate of drug-likeness (QED) is 0.615. The maximum Gasteiger partial charge on any atom is 0.358 e. The first-order chi connectivity index (χ1) is 12.2. The molecule has 2 aromatic rings. The molecule has 1 aliphatic carbocycles. The predicted molar refractivity (Wildman–Crippen MR) is 97.2 cm³/mol. The number of hydrogen-bond acceptors (Lipinski definition) is 3. The number of esters is 1. The zero-order chi connectivity index (χ0) is 17.7. The lowest BCUT2D eigenvalue weighted by Crippen LogP contribution is -2.36. The van der Waals surface area contributed by atoms with Crippen LogP contribution in [-0.4, -0.2) is 21.4 Å². The van der Waals surface area contributed by atoms with Crippen molar-refractivity contribution in [3.05, 3.63) is 53.9 Å². The number of aromatic nitrogens is 2. The molecule has 0 spiro atoms. The fraction of sp³-hybridized carbons (Fsp3) is 0.429. The van der Waals surface area contributed by atoms with Gasteiger partial charge in [-0.1, -0.05) is 42.7 Å². The van der Waals surface area contributed by atoms with E-state index in [1.54, 1.807) is 23.9 Å². The van der Waals surface area contributed by atoms with Gasteiger partial charge in [0, 0.05) is 6.20 Å². The van der Waals surface area contributed by atoms with Crippen LogP contribution in [0.3, 0.4) is 0 Å². The molecule has 25 heavy (non-hydrogen) atoms. The van der Waals surface area contributed by atoms with E-state index in [-0.39, 0.29) is 12.0 Å². The summed E-state index contributed by atoms with van der Waals surface area (Å²) in [6.45, 7) is 3.83. The van der Waals surface area contributed by atoms with Crippen LogP contribution < -0.4 is 0 Å². The number of nitrogens with zero attached hydrogens (tertiary/aromatic N) is 2. The topological polar surface area (TPSA) is 44.1 Å². The van der Waals surface area contributed by atoms with Crippen molar-refractivity contribution in [2.24, 2.45) is 0 Å². The Morgan fingerprint density at radius 2 is 1.92 bits per heavy atom. The number of carbonyl (C=O) groups excluding carboxylic acids is 1. The van der Waals surface area contributed by atoms with E-state index in [4.69, 9.17) is 4.74 Å². The van der Waals surface area contributed by atoms with Gasteiger partial charge < -0.3 is 4.74 Å². The van der Waals surface area contributed by atoms with Gasteiger partial charge >= 0.3 is 5.97 Å². The zero-order valence-electron chi connectivity index (χ0n) is 14.9. The molecule has 1 aromatic heterocycles. The molecule has 1 saturated carbocycles. The van der Waals surface area contributed by atoms with Gasteiger partial charge in [0.15, 0.2) is 5.60 Å². The third kappa shape index (κ3) is 3.76. The van der Waals surface area contributed by atoms with Crippen molar-refractivity contribution in [2.75, 3.05) is 0 Å². The van der Waals surface area contributed by atoms with Crippen LogP contribution in [0.4, 0.5) is 0 Å². The van der Waals surface area contributed by atoms with Crippen molar-refractivity contribution < 1.29 is 9.53 Å². The summed E-state index contributed by atoms with van der Waals surface area (Å²) in [5.41, 5.74) is 0.926. The van der Waals surface area contributed by atoms with Crippen molar-refractivity contribution in [1.29, 1.82) is 0 Å². The number of ether oxygens (including phenoxy) is 1. The molecule has 0 N–H and O–H groups in total. The molecule has 130 valence electrons. The number of carbonyl (C=O) groups is 1. The minimum absolute atomic E-state index is 0.0432. The molecular weight excluding hydrogens is 312 g/mol. The highest BCUT2D eigenvalue weighted by atomic mass is 16.6. The Kier molecular flexibility index (Phi) is 5.23. The molecule has 1 atom stereocenters. The Balaban J connectivity index is 1.83. The lowest BCUT2D eigenvalue weighted by molar-refractivity contribution is -0.00802. The Morgan fingerprint density at radius 1 is 1.20 bits per heavy atom. The first-order valence-corrected chi connectivity index (χ1v) is 8.91. The van der Waals surface area contributed by atoms with Crippen LogP contribution in [0.1, 0.15) is 68.0 Å². The average Bonchev–Trinajstić information content (AvgIpc) is 3.12. The second-order valence-electron chi connectivity index (χ2n) is 6.57. The van der Waals surface area contributed by atoms with Crippen LogP contribution >= 0.6 is 0 Å². The van der Waals surface area contributed by atoms with Gasteiger partial charge in [0.05, 0.1) is 6.04 Å². The molecule has 3 rings (SSSR count). The Morgan fingerprint density at radius 3 is 2.60 bits per heavy atom. The fourth-order valence-electron chi connectivity index (χ4n) is 3.49. The summed E-state index contributed by atoms with van der Waals surface area (Å²) >= 11 is 0. The van der Waals surface area contributed by atoms with Crippen LogP contribution in [0, 0.1) is 11.8 Å². The second-order valence-corrected chi connectivity index (χ2v) is 6.57. The molecule has 0 amide bonds. The summed E-state index contributed by atoms with van der Waals surface area (Å²) in [6.07, 6.45) is 6.52. The van der Waals surface area contributed by atoms with E-state index in [9.17, 15) is 4.79 Å². The van der Waals surface area contributed by atoms with Crippen LogP contribution in [0.15, 0.2) is 42.6 Å². The summed E-state index contributed by atoms with van der Waals surface area (Å²) in [6, 6.07) is 11.7. The first kappa shape index (κ1) is 17.3. The molecule has 0 bridgehead atoms. The number of benzene rings is 1. The van der Waals surface area contributed by atoms with E-state index in [0.29, 0.717) is 5.69 Å². The van der Waals surface area contributed by atoms with Gasteiger partial charge in [0.25, 0.3) is 0 Å². The average molecular weight is 336 g/mol. The minimum Gasteiger partial charge on any atom is -0.441 e. The summed E-state index contributed by atoms with van der Waals surface area (Å²) in [5, 5.41) is 4.36. The molecule has 1 aliphatic rings. The molecule has 1 aromatic carbocycles. The Hall–Kier alpha value is -2.54. The maximum atomic E-state index is 12.9. The van der Waals surface area contributed by atoms with Gasteiger partial charge in [-0.3, -0.25) is 4.68 Å². The monoisotopic (exact) mass is 336 g/mol. The first-order valence-electron chi connectivity index (χ1n) is 8.91. The van der Waals surface area contributed by atoms with E-state index < -0.39 is 5.60 Å². The standard InChI is InChI=1S/C21H24N2O2/c1-3-13-21(14-8-5-9-15-21)25-20(24)19-12-16-22-23(19)17(2)18-10-6-4-7-11-18/h4,6-7,10-12,16-17H,5,8-9,14-15H2,1-2H3/t17-/m1/s1. The zero-order valence-corrected chi connectivity index (χ0v) is 14.9. The molecule has 0 aliphatic heterocycles. The predicted octanol–water partition coefficient (Wildman–Crippen LogP) is 4.38. The van der Waals surface area contributed by atoms with Crippen molar-refractivity contribution in [3.8, 4) is 11.8 Å². The highest BCUT2D eigenvalue weighted by Gasteiger charge is 2.35. The fourth-order valence-corrected chi connectivity index (χ4v) is 3.49. The maximum absolute atomic E-state index is 12.9. The molecular formula is C21H24N2O2. The molecule has 1 fully saturated rings. The molecule has 0 unspecified atom stereocenters. The van der Waals surface area contributed by atoms with E-state index in [2.05, 4.69) is 16.9 Å². The summed E-state index contributed by atoms with van der Waals surface area (Å²) in [7, 11) is 0.